The molecule has 9 nitrogen and oxygen atoms in total. The van der Waals surface area contributed by atoms with Crippen molar-refractivity contribution in [1.82, 2.24) is 19.9 Å². The molecule has 32 heavy (non-hydrogen) atoms. The van der Waals surface area contributed by atoms with Gasteiger partial charge in [-0.05, 0) is 18.2 Å². The number of H-pyrrole nitrogens is 1. The van der Waals surface area contributed by atoms with Gasteiger partial charge in [0, 0.05) is 24.2 Å². The van der Waals surface area contributed by atoms with Crippen molar-refractivity contribution in [2.24, 2.45) is 0 Å². The van der Waals surface area contributed by atoms with Crippen LogP contribution in [-0.2, 0) is 6.61 Å². The lowest BCUT2D eigenvalue weighted by Crippen LogP contribution is -2.22. The Kier molecular flexibility index (Phi) is 6.61. The van der Waals surface area contributed by atoms with Gasteiger partial charge in [-0.15, -0.1) is 11.3 Å². The van der Waals surface area contributed by atoms with Gasteiger partial charge in [-0.25, -0.2) is 14.4 Å². The number of anilines is 1. The summed E-state index contributed by atoms with van der Waals surface area (Å²) in [6, 6.07) is 5.49. The van der Waals surface area contributed by atoms with Crippen LogP contribution in [0, 0.1) is 5.82 Å². The summed E-state index contributed by atoms with van der Waals surface area (Å²) in [6.45, 7) is -0.304. The van der Waals surface area contributed by atoms with Crippen molar-refractivity contribution in [3.8, 4) is 17.1 Å². The first-order valence-corrected chi connectivity index (χ1v) is 10.6. The summed E-state index contributed by atoms with van der Waals surface area (Å²) in [6.07, 6.45) is 0.588. The lowest BCUT2D eigenvalue weighted by molar-refractivity contribution is 0.105. The molecular weight excluding hydrogens is 461 g/mol. The second-order valence-corrected chi connectivity index (χ2v) is 7.95. The molecule has 166 valence electrons. The van der Waals surface area contributed by atoms with Gasteiger partial charge in [0.05, 0.1) is 23.1 Å². The molecule has 4 N–H and O–H groups in total. The van der Waals surface area contributed by atoms with Crippen LogP contribution in [0.4, 0.5) is 9.52 Å². The van der Waals surface area contributed by atoms with Gasteiger partial charge in [0.2, 0.25) is 0 Å². The first-order valence-electron chi connectivity index (χ1n) is 9.39. The van der Waals surface area contributed by atoms with E-state index in [0.717, 1.165) is 0 Å². The molecular formula is C20H17ClFN5O4S. The van der Waals surface area contributed by atoms with E-state index in [1.165, 1.54) is 35.7 Å². The second-order valence-electron chi connectivity index (χ2n) is 6.69. The summed E-state index contributed by atoms with van der Waals surface area (Å²) in [4.78, 5) is 28.5. The zero-order chi connectivity index (χ0) is 22.7. The topological polar surface area (TPSA) is 133 Å². The summed E-state index contributed by atoms with van der Waals surface area (Å²) >= 11 is 7.05. The Morgan fingerprint density at radius 1 is 1.31 bits per heavy atom. The molecule has 0 amide bonds. The molecule has 0 spiro atoms. The third-order valence-electron chi connectivity index (χ3n) is 4.39. The molecule has 0 aliphatic rings. The number of hydrogen-bond acceptors (Lipinski definition) is 9. The third-order valence-corrected chi connectivity index (χ3v) is 5.48. The predicted octanol–water partition coefficient (Wildman–Crippen LogP) is 2.58. The quantitative estimate of drug-likeness (QED) is 0.304. The maximum atomic E-state index is 13.3. The van der Waals surface area contributed by atoms with Crippen LogP contribution in [0.2, 0.25) is 5.02 Å². The van der Waals surface area contributed by atoms with E-state index < -0.39 is 11.9 Å². The van der Waals surface area contributed by atoms with E-state index in [0.29, 0.717) is 33.2 Å². The molecule has 4 rings (SSSR count). The highest BCUT2D eigenvalue weighted by Gasteiger charge is 2.15. The smallest absolute Gasteiger partial charge is 0.258 e. The summed E-state index contributed by atoms with van der Waals surface area (Å²) < 4.78 is 18.9. The minimum absolute atomic E-state index is 0.0756. The van der Waals surface area contributed by atoms with E-state index in [1.54, 1.807) is 11.4 Å². The van der Waals surface area contributed by atoms with Crippen molar-refractivity contribution < 1.29 is 19.3 Å². The molecule has 4 aromatic rings. The Bertz CT molecular complexity index is 1310. The maximum Gasteiger partial charge on any atom is 0.258 e. The Morgan fingerprint density at radius 3 is 2.94 bits per heavy atom. The Morgan fingerprint density at radius 2 is 2.16 bits per heavy atom. The van der Waals surface area contributed by atoms with Crippen molar-refractivity contribution in [3.63, 3.8) is 0 Å². The largest absolute Gasteiger partial charge is 0.486 e. The van der Waals surface area contributed by atoms with Crippen LogP contribution in [0.1, 0.15) is 5.82 Å². The van der Waals surface area contributed by atoms with Gasteiger partial charge >= 0.3 is 0 Å². The highest BCUT2D eigenvalue weighted by atomic mass is 35.5. The van der Waals surface area contributed by atoms with E-state index in [1.807, 2.05) is 0 Å². The first kappa shape index (κ1) is 22.1. The molecule has 0 fully saturated rings. The van der Waals surface area contributed by atoms with E-state index in [2.05, 4.69) is 25.3 Å². The van der Waals surface area contributed by atoms with Crippen molar-refractivity contribution in [2.75, 3.05) is 18.5 Å². The number of rotatable bonds is 8. The number of benzene rings is 1. The second kappa shape index (κ2) is 9.57. The highest BCUT2D eigenvalue weighted by molar-refractivity contribution is 7.14. The number of nitrogens with one attached hydrogen (secondary N) is 2. The minimum atomic E-state index is -0.906. The van der Waals surface area contributed by atoms with Crippen LogP contribution < -0.4 is 15.6 Å². The number of ether oxygens (including phenoxy) is 1. The third kappa shape index (κ3) is 4.86. The molecule has 3 aromatic heterocycles. The number of fused-ring (bicyclic) bond motifs is 1. The normalized spacial score (nSPS) is 12.1. The summed E-state index contributed by atoms with van der Waals surface area (Å²) in [5.41, 5.74) is 0.886. The van der Waals surface area contributed by atoms with Crippen LogP contribution >= 0.6 is 22.9 Å². The standard InChI is InChI=1S/C20H17ClFN5O4S/c21-13-5-11(1-2-14(13)22)31-8-16-26-17-12(19(30)27-16)3-4-23-18(17)15-9-32-20(25-15)24-6-10(29)7-28/h1-5,9-10,28-29H,6-8H2,(H,24,25)(H,26,27,30). The number of aliphatic hydroxyl groups is 2. The van der Waals surface area contributed by atoms with Gasteiger partial charge in [-0.2, -0.15) is 0 Å². The van der Waals surface area contributed by atoms with Crippen molar-refractivity contribution in [1.29, 1.82) is 0 Å². The highest BCUT2D eigenvalue weighted by Crippen LogP contribution is 2.27. The van der Waals surface area contributed by atoms with E-state index in [9.17, 15) is 14.3 Å². The number of thiazole rings is 1. The van der Waals surface area contributed by atoms with Crippen LogP contribution in [0.25, 0.3) is 22.3 Å². The fourth-order valence-corrected chi connectivity index (χ4v) is 3.70. The molecule has 1 aromatic carbocycles. The predicted molar refractivity (Wildman–Crippen MR) is 119 cm³/mol. The molecule has 0 aliphatic heterocycles. The van der Waals surface area contributed by atoms with Gasteiger partial charge in [0.15, 0.2) is 5.13 Å². The molecule has 3 heterocycles. The first-order chi connectivity index (χ1) is 15.4. The van der Waals surface area contributed by atoms with Crippen LogP contribution in [0.3, 0.4) is 0 Å². The van der Waals surface area contributed by atoms with Gasteiger partial charge in [-0.3, -0.25) is 9.78 Å². The molecule has 0 bridgehead atoms. The van der Waals surface area contributed by atoms with Gasteiger partial charge in [0.1, 0.15) is 40.9 Å². The van der Waals surface area contributed by atoms with Crippen molar-refractivity contribution >= 4 is 39.0 Å². The van der Waals surface area contributed by atoms with Crippen LogP contribution in [0.15, 0.2) is 40.6 Å². The molecule has 0 radical (unpaired) electrons. The number of aromatic amines is 1. The SMILES string of the molecule is O=c1[nH]c(COc2ccc(F)c(Cl)c2)nc2c(-c3csc(NCC(O)CO)n3)nccc12. The number of hydrogen-bond donors (Lipinski definition) is 4. The Labute approximate surface area is 189 Å². The van der Waals surface area contributed by atoms with Crippen molar-refractivity contribution in [2.45, 2.75) is 12.7 Å². The van der Waals surface area contributed by atoms with Crippen molar-refractivity contribution in [3.05, 3.63) is 62.9 Å². The average molecular weight is 478 g/mol. The number of pyridine rings is 1. The number of aliphatic hydroxyl groups excluding tert-OH is 2. The Hall–Kier alpha value is -3.12. The van der Waals surface area contributed by atoms with E-state index in [4.69, 9.17) is 21.4 Å². The zero-order valence-corrected chi connectivity index (χ0v) is 18.0. The van der Waals surface area contributed by atoms with Gasteiger partial charge in [0.25, 0.3) is 5.56 Å². The lowest BCUT2D eigenvalue weighted by Gasteiger charge is -2.08. The van der Waals surface area contributed by atoms with E-state index >= 15 is 0 Å². The molecule has 1 unspecified atom stereocenters. The molecule has 0 saturated heterocycles. The minimum Gasteiger partial charge on any atom is -0.486 e. The lowest BCUT2D eigenvalue weighted by atomic mass is 10.2. The summed E-state index contributed by atoms with van der Waals surface area (Å²) in [5.74, 6) is 0.0117. The van der Waals surface area contributed by atoms with E-state index in [-0.39, 0.29) is 36.2 Å². The zero-order valence-electron chi connectivity index (χ0n) is 16.4. The Balaban J connectivity index is 1.61. The summed E-state index contributed by atoms with van der Waals surface area (Å²) in [7, 11) is 0. The maximum absolute atomic E-state index is 13.3. The van der Waals surface area contributed by atoms with Crippen LogP contribution in [0.5, 0.6) is 5.75 Å². The number of nitrogens with zero attached hydrogens (tertiary/aromatic N) is 3. The summed E-state index contributed by atoms with van der Waals surface area (Å²) in [5, 5.41) is 23.8. The molecule has 0 saturated carbocycles. The fourth-order valence-electron chi connectivity index (χ4n) is 2.82. The monoisotopic (exact) mass is 477 g/mol. The number of halogens is 2. The average Bonchev–Trinajstić information content (AvgIpc) is 3.27. The molecule has 0 aliphatic carbocycles. The van der Waals surface area contributed by atoms with Crippen LogP contribution in [-0.4, -0.2) is 49.4 Å². The molecule has 1 atom stereocenters. The molecule has 12 heteroatoms. The fraction of sp³-hybridized carbons (Fsp3) is 0.200. The van der Waals surface area contributed by atoms with Gasteiger partial charge < -0.3 is 25.3 Å². The van der Waals surface area contributed by atoms with Gasteiger partial charge in [-0.1, -0.05) is 11.6 Å². The number of aromatic nitrogens is 4.